The van der Waals surface area contributed by atoms with Gasteiger partial charge in [0.2, 0.25) is 0 Å². The number of methoxy groups -OCH3 is 1. The van der Waals surface area contributed by atoms with Gasteiger partial charge in [0, 0.05) is 12.5 Å². The molecule has 2 rings (SSSR count). The molecule has 1 saturated heterocycles. The summed E-state index contributed by atoms with van der Waals surface area (Å²) in [5.74, 6) is -1.09. The number of alkyl halides is 4. The first-order valence-electron chi connectivity index (χ1n) is 8.47. The number of piperidine rings is 1. The molecule has 1 heterocycles. The molecule has 2 nitrogen and oxygen atoms in total. The highest BCUT2D eigenvalue weighted by Crippen LogP contribution is 2.59. The van der Waals surface area contributed by atoms with E-state index in [0.29, 0.717) is 6.61 Å². The van der Waals surface area contributed by atoms with Crippen molar-refractivity contribution in [1.82, 2.24) is 5.32 Å². The quantitative estimate of drug-likeness (QED) is 0.475. The lowest BCUT2D eigenvalue weighted by Gasteiger charge is -2.58. The van der Waals surface area contributed by atoms with Gasteiger partial charge in [-0.05, 0) is 37.1 Å². The van der Waals surface area contributed by atoms with Gasteiger partial charge in [-0.2, -0.15) is 13.2 Å². The number of nitrogens with one attached hydrogen (secondary N) is 1. The third-order valence-electron chi connectivity index (χ3n) is 6.58. The SMILES string of the molecule is BC1CC(C(F)(F)F)CC(C2(C)CCNC(Cl)C2(C)COC)C1. The molecule has 2 aliphatic rings. The van der Waals surface area contributed by atoms with Crippen LogP contribution in [0.25, 0.3) is 0 Å². The summed E-state index contributed by atoms with van der Waals surface area (Å²) in [5, 5.41) is 3.27. The average molecular weight is 354 g/mol. The van der Waals surface area contributed by atoms with E-state index in [9.17, 15) is 13.2 Å². The van der Waals surface area contributed by atoms with Gasteiger partial charge in [0.15, 0.2) is 0 Å². The van der Waals surface area contributed by atoms with E-state index in [-0.39, 0.29) is 40.9 Å². The third-order valence-corrected chi connectivity index (χ3v) is 7.22. The van der Waals surface area contributed by atoms with Crippen LogP contribution >= 0.6 is 11.6 Å². The van der Waals surface area contributed by atoms with Crippen LogP contribution in [0.4, 0.5) is 13.2 Å². The Kier molecular flexibility index (Phi) is 5.70. The van der Waals surface area contributed by atoms with Crippen molar-refractivity contribution in [2.45, 2.75) is 57.0 Å². The molecule has 1 aliphatic heterocycles. The van der Waals surface area contributed by atoms with Gasteiger partial charge in [0.05, 0.1) is 18.0 Å². The molecule has 7 heteroatoms. The van der Waals surface area contributed by atoms with Gasteiger partial charge in [-0.1, -0.05) is 26.1 Å². The fourth-order valence-electron chi connectivity index (χ4n) is 4.86. The maximum Gasteiger partial charge on any atom is 0.391 e. The first-order chi connectivity index (χ1) is 10.5. The van der Waals surface area contributed by atoms with Crippen molar-refractivity contribution in [3.63, 3.8) is 0 Å². The molecule has 6 atom stereocenters. The molecule has 0 aromatic heterocycles. The highest BCUT2D eigenvalue weighted by atomic mass is 35.5. The van der Waals surface area contributed by atoms with Crippen LogP contribution in [-0.2, 0) is 4.74 Å². The Morgan fingerprint density at radius 3 is 2.48 bits per heavy atom. The smallest absolute Gasteiger partial charge is 0.384 e. The summed E-state index contributed by atoms with van der Waals surface area (Å²) in [6, 6.07) is 0. The molecule has 134 valence electrons. The van der Waals surface area contributed by atoms with Crippen LogP contribution in [-0.4, -0.2) is 39.8 Å². The second-order valence-electron chi connectivity index (χ2n) is 8.08. The van der Waals surface area contributed by atoms with Crippen LogP contribution < -0.4 is 5.32 Å². The zero-order valence-corrected chi connectivity index (χ0v) is 15.2. The molecule has 1 N–H and O–H groups in total. The number of hydrogen-bond donors (Lipinski definition) is 1. The van der Waals surface area contributed by atoms with Crippen LogP contribution in [0.2, 0.25) is 5.82 Å². The summed E-state index contributed by atoms with van der Waals surface area (Å²) >= 11 is 6.56. The number of halogens is 4. The summed E-state index contributed by atoms with van der Waals surface area (Å²) in [6.45, 7) is 5.37. The fraction of sp³-hybridized carbons (Fsp3) is 1.00. The lowest BCUT2D eigenvalue weighted by Crippen LogP contribution is -2.61. The van der Waals surface area contributed by atoms with Crippen molar-refractivity contribution >= 4 is 19.4 Å². The summed E-state index contributed by atoms with van der Waals surface area (Å²) in [4.78, 5) is 0. The Labute approximate surface area is 143 Å². The zero-order chi connectivity index (χ0) is 17.5. The number of hydrogen-bond acceptors (Lipinski definition) is 2. The van der Waals surface area contributed by atoms with Gasteiger partial charge >= 0.3 is 6.18 Å². The van der Waals surface area contributed by atoms with E-state index < -0.39 is 12.1 Å². The molecular formula is C16H28BClF3NO. The van der Waals surface area contributed by atoms with Gasteiger partial charge in [-0.15, -0.1) is 11.6 Å². The van der Waals surface area contributed by atoms with Crippen molar-refractivity contribution in [3.05, 3.63) is 0 Å². The van der Waals surface area contributed by atoms with E-state index >= 15 is 0 Å². The number of ether oxygens (including phenoxy) is 1. The fourth-order valence-corrected chi connectivity index (χ4v) is 5.28. The van der Waals surface area contributed by atoms with Crippen LogP contribution in [0.3, 0.4) is 0 Å². The van der Waals surface area contributed by atoms with E-state index in [1.54, 1.807) is 7.11 Å². The van der Waals surface area contributed by atoms with Crippen molar-refractivity contribution in [1.29, 1.82) is 0 Å². The Hall–Kier alpha value is 0.0649. The molecule has 0 spiro atoms. The average Bonchev–Trinajstić information content (AvgIpc) is 2.44. The second kappa shape index (κ2) is 6.76. The van der Waals surface area contributed by atoms with E-state index in [0.717, 1.165) is 19.4 Å². The van der Waals surface area contributed by atoms with Crippen LogP contribution in [0, 0.1) is 22.7 Å². The molecule has 0 bridgehead atoms. The minimum absolute atomic E-state index is 0.0152. The molecule has 2 fully saturated rings. The molecule has 0 radical (unpaired) electrons. The van der Waals surface area contributed by atoms with E-state index in [2.05, 4.69) is 19.2 Å². The molecule has 1 saturated carbocycles. The van der Waals surface area contributed by atoms with Crippen molar-refractivity contribution in [2.75, 3.05) is 20.3 Å². The van der Waals surface area contributed by atoms with Crippen molar-refractivity contribution in [3.8, 4) is 0 Å². The van der Waals surface area contributed by atoms with E-state index in [1.165, 1.54) is 0 Å². The van der Waals surface area contributed by atoms with E-state index in [1.807, 2.05) is 7.85 Å². The van der Waals surface area contributed by atoms with Gasteiger partial charge in [-0.25, -0.2) is 0 Å². The Morgan fingerprint density at radius 2 is 1.91 bits per heavy atom. The molecule has 23 heavy (non-hydrogen) atoms. The minimum atomic E-state index is -4.10. The van der Waals surface area contributed by atoms with Crippen molar-refractivity contribution < 1.29 is 17.9 Å². The molecule has 0 aromatic rings. The normalized spacial score (nSPS) is 45.9. The molecule has 1 aliphatic carbocycles. The standard InChI is InChI=1S/C16H28BClF3NO/c1-14(4-5-22-13(18)15(14,2)9-23-3)10-6-11(16(19,20)21)8-12(17)7-10/h10-13,22H,4-9,17H2,1-3H3. The maximum absolute atomic E-state index is 13.3. The first kappa shape index (κ1) is 19.4. The number of rotatable bonds is 3. The van der Waals surface area contributed by atoms with E-state index in [4.69, 9.17) is 16.3 Å². The Balaban J connectivity index is 2.31. The molecule has 0 aromatic carbocycles. The molecule has 6 unspecified atom stereocenters. The van der Waals surface area contributed by atoms with Gasteiger partial charge in [0.25, 0.3) is 0 Å². The lowest BCUT2D eigenvalue weighted by atomic mass is 9.50. The van der Waals surface area contributed by atoms with Crippen LogP contribution in [0.15, 0.2) is 0 Å². The summed E-state index contributed by atoms with van der Waals surface area (Å²) in [5.41, 5.74) is -0.944. The first-order valence-corrected chi connectivity index (χ1v) is 8.91. The minimum Gasteiger partial charge on any atom is -0.384 e. The predicted octanol–water partition coefficient (Wildman–Crippen LogP) is 3.60. The monoisotopic (exact) mass is 353 g/mol. The molecular weight excluding hydrogens is 325 g/mol. The summed E-state index contributed by atoms with van der Waals surface area (Å²) in [6.07, 6.45) is -1.97. The van der Waals surface area contributed by atoms with Gasteiger partial charge in [0.1, 0.15) is 7.85 Å². The van der Waals surface area contributed by atoms with Gasteiger partial charge in [-0.3, -0.25) is 0 Å². The Bertz CT molecular complexity index is 425. The van der Waals surface area contributed by atoms with Crippen LogP contribution in [0.1, 0.15) is 39.5 Å². The topological polar surface area (TPSA) is 21.3 Å². The highest BCUT2D eigenvalue weighted by molar-refractivity contribution is 6.21. The zero-order valence-electron chi connectivity index (χ0n) is 14.5. The molecule has 0 amide bonds. The highest BCUT2D eigenvalue weighted by Gasteiger charge is 2.57. The third kappa shape index (κ3) is 3.54. The van der Waals surface area contributed by atoms with Crippen molar-refractivity contribution in [2.24, 2.45) is 22.7 Å². The largest absolute Gasteiger partial charge is 0.391 e. The maximum atomic E-state index is 13.3. The van der Waals surface area contributed by atoms with Gasteiger partial charge < -0.3 is 10.1 Å². The van der Waals surface area contributed by atoms with Crippen LogP contribution in [0.5, 0.6) is 0 Å². The summed E-state index contributed by atoms with van der Waals surface area (Å²) < 4.78 is 45.4. The Morgan fingerprint density at radius 1 is 1.26 bits per heavy atom. The summed E-state index contributed by atoms with van der Waals surface area (Å²) in [7, 11) is 3.58. The lowest BCUT2D eigenvalue weighted by molar-refractivity contribution is -0.196. The predicted molar refractivity (Wildman–Crippen MR) is 89.5 cm³/mol. The second-order valence-corrected chi connectivity index (χ2v) is 8.52.